The predicted molar refractivity (Wildman–Crippen MR) is 69.0 cm³/mol. The Hall–Kier alpha value is -0.610. The molecule has 1 aliphatic carbocycles. The second-order valence-corrected chi connectivity index (χ2v) is 5.99. The van der Waals surface area contributed by atoms with Gasteiger partial charge < -0.3 is 9.64 Å². The standard InChI is InChI=1S/C14H24N2O2/c1-10-14(17)16(12-7-4-8-18-9-12)13(15-10)11-5-2-3-6-11/h10-13,15H,2-9H2,1H3. The largest absolute Gasteiger partial charge is 0.379 e. The van der Waals surface area contributed by atoms with Crippen molar-refractivity contribution in [3.63, 3.8) is 0 Å². The van der Waals surface area contributed by atoms with E-state index in [2.05, 4.69) is 10.2 Å². The molecule has 0 radical (unpaired) electrons. The van der Waals surface area contributed by atoms with Gasteiger partial charge in [-0.1, -0.05) is 12.8 Å². The van der Waals surface area contributed by atoms with Gasteiger partial charge in [-0.3, -0.25) is 10.1 Å². The van der Waals surface area contributed by atoms with Crippen LogP contribution >= 0.6 is 0 Å². The third-order valence-corrected chi connectivity index (χ3v) is 4.72. The highest BCUT2D eigenvalue weighted by atomic mass is 16.5. The molecular weight excluding hydrogens is 228 g/mol. The first-order valence-electron chi connectivity index (χ1n) is 7.43. The second kappa shape index (κ2) is 5.17. The minimum absolute atomic E-state index is 0.0162. The number of nitrogens with one attached hydrogen (secondary N) is 1. The summed E-state index contributed by atoms with van der Waals surface area (Å²) in [6.45, 7) is 3.58. The van der Waals surface area contributed by atoms with Crippen molar-refractivity contribution in [1.29, 1.82) is 0 Å². The van der Waals surface area contributed by atoms with Gasteiger partial charge in [-0.2, -0.15) is 0 Å². The maximum Gasteiger partial charge on any atom is 0.241 e. The first kappa shape index (κ1) is 12.4. The van der Waals surface area contributed by atoms with E-state index in [-0.39, 0.29) is 18.1 Å². The van der Waals surface area contributed by atoms with Crippen LogP contribution in [0.4, 0.5) is 0 Å². The fourth-order valence-electron chi connectivity index (χ4n) is 3.75. The number of nitrogens with zero attached hydrogens (tertiary/aromatic N) is 1. The zero-order valence-electron chi connectivity index (χ0n) is 11.2. The lowest BCUT2D eigenvalue weighted by Crippen LogP contribution is -2.50. The van der Waals surface area contributed by atoms with Crippen molar-refractivity contribution in [2.45, 2.75) is 63.7 Å². The highest BCUT2D eigenvalue weighted by Crippen LogP contribution is 2.34. The van der Waals surface area contributed by atoms with Crippen LogP contribution in [0.5, 0.6) is 0 Å². The minimum atomic E-state index is -0.0162. The zero-order chi connectivity index (χ0) is 12.5. The van der Waals surface area contributed by atoms with Crippen LogP contribution in [0.1, 0.15) is 45.4 Å². The smallest absolute Gasteiger partial charge is 0.241 e. The van der Waals surface area contributed by atoms with Crippen molar-refractivity contribution in [1.82, 2.24) is 10.2 Å². The van der Waals surface area contributed by atoms with Crippen LogP contribution in [-0.4, -0.2) is 42.3 Å². The molecular formula is C14H24N2O2. The summed E-state index contributed by atoms with van der Waals surface area (Å²) in [5, 5.41) is 3.51. The van der Waals surface area contributed by atoms with Gasteiger partial charge in [-0.25, -0.2) is 0 Å². The molecule has 0 aromatic carbocycles. The highest BCUT2D eigenvalue weighted by Gasteiger charge is 2.44. The maximum absolute atomic E-state index is 12.4. The molecule has 4 heteroatoms. The van der Waals surface area contributed by atoms with Gasteiger partial charge in [0.2, 0.25) is 5.91 Å². The van der Waals surface area contributed by atoms with Gasteiger partial charge in [0, 0.05) is 6.61 Å². The number of hydrogen-bond donors (Lipinski definition) is 1. The van der Waals surface area contributed by atoms with E-state index < -0.39 is 0 Å². The number of hydrogen-bond acceptors (Lipinski definition) is 3. The number of ether oxygens (including phenoxy) is 1. The SMILES string of the molecule is CC1NC(C2CCCC2)N(C2CCCOC2)C1=O. The van der Waals surface area contributed by atoms with E-state index in [9.17, 15) is 4.79 Å². The molecule has 102 valence electrons. The Labute approximate surface area is 109 Å². The van der Waals surface area contributed by atoms with Gasteiger partial charge in [-0.15, -0.1) is 0 Å². The lowest BCUT2D eigenvalue weighted by Gasteiger charge is -2.37. The molecule has 1 saturated carbocycles. The van der Waals surface area contributed by atoms with Crippen LogP contribution in [0.3, 0.4) is 0 Å². The first-order valence-corrected chi connectivity index (χ1v) is 7.43. The Morgan fingerprint density at radius 2 is 2.00 bits per heavy atom. The quantitative estimate of drug-likeness (QED) is 0.810. The summed E-state index contributed by atoms with van der Waals surface area (Å²) in [6, 6.07) is 0.284. The van der Waals surface area contributed by atoms with Crippen LogP contribution in [0, 0.1) is 5.92 Å². The molecule has 3 unspecified atom stereocenters. The van der Waals surface area contributed by atoms with Crippen LogP contribution in [0.25, 0.3) is 0 Å². The molecule has 2 heterocycles. The monoisotopic (exact) mass is 252 g/mol. The minimum Gasteiger partial charge on any atom is -0.379 e. The van der Waals surface area contributed by atoms with Crippen LogP contribution in [-0.2, 0) is 9.53 Å². The van der Waals surface area contributed by atoms with Crippen LogP contribution < -0.4 is 5.32 Å². The average Bonchev–Trinajstić information content (AvgIpc) is 3.00. The molecule has 1 N–H and O–H groups in total. The Morgan fingerprint density at radius 3 is 2.67 bits per heavy atom. The zero-order valence-corrected chi connectivity index (χ0v) is 11.2. The average molecular weight is 252 g/mol. The van der Waals surface area contributed by atoms with Crippen molar-refractivity contribution in [3.8, 4) is 0 Å². The lowest BCUT2D eigenvalue weighted by molar-refractivity contribution is -0.135. The van der Waals surface area contributed by atoms with E-state index >= 15 is 0 Å². The topological polar surface area (TPSA) is 41.6 Å². The highest BCUT2D eigenvalue weighted by molar-refractivity contribution is 5.84. The Bertz CT molecular complexity index is 309. The molecule has 0 aromatic heterocycles. The fourth-order valence-corrected chi connectivity index (χ4v) is 3.75. The summed E-state index contributed by atoms with van der Waals surface area (Å²) >= 11 is 0. The molecule has 0 aromatic rings. The Morgan fingerprint density at radius 1 is 1.22 bits per heavy atom. The van der Waals surface area contributed by atoms with E-state index in [0.29, 0.717) is 12.0 Å². The molecule has 0 bridgehead atoms. The molecule has 2 aliphatic heterocycles. The lowest BCUT2D eigenvalue weighted by atomic mass is 10.0. The van der Waals surface area contributed by atoms with Crippen molar-refractivity contribution in [3.05, 3.63) is 0 Å². The molecule has 4 nitrogen and oxygen atoms in total. The summed E-state index contributed by atoms with van der Waals surface area (Å²) in [7, 11) is 0. The first-order chi connectivity index (χ1) is 8.77. The molecule has 3 aliphatic rings. The van der Waals surface area contributed by atoms with Crippen molar-refractivity contribution >= 4 is 5.91 Å². The van der Waals surface area contributed by atoms with Gasteiger partial charge in [-0.05, 0) is 38.5 Å². The summed E-state index contributed by atoms with van der Waals surface area (Å²) in [4.78, 5) is 14.5. The summed E-state index contributed by atoms with van der Waals surface area (Å²) in [5.74, 6) is 0.934. The molecule has 3 atom stereocenters. The third-order valence-electron chi connectivity index (χ3n) is 4.72. The van der Waals surface area contributed by atoms with Gasteiger partial charge >= 0.3 is 0 Å². The molecule has 2 saturated heterocycles. The normalized spacial score (nSPS) is 38.6. The third kappa shape index (κ3) is 2.16. The van der Waals surface area contributed by atoms with Gasteiger partial charge in [0.1, 0.15) is 0 Å². The number of amides is 1. The van der Waals surface area contributed by atoms with Crippen molar-refractivity contribution in [2.24, 2.45) is 5.92 Å². The van der Waals surface area contributed by atoms with E-state index in [1.165, 1.54) is 25.7 Å². The van der Waals surface area contributed by atoms with E-state index in [1.807, 2.05) is 6.92 Å². The number of carbonyl (C=O) groups excluding carboxylic acids is 1. The molecule has 18 heavy (non-hydrogen) atoms. The predicted octanol–water partition coefficient (Wildman–Crippen LogP) is 1.50. The van der Waals surface area contributed by atoms with Gasteiger partial charge in [0.05, 0.1) is 24.9 Å². The molecule has 1 amide bonds. The van der Waals surface area contributed by atoms with Gasteiger partial charge in [0.15, 0.2) is 0 Å². The van der Waals surface area contributed by atoms with E-state index in [1.54, 1.807) is 0 Å². The summed E-state index contributed by atoms with van der Waals surface area (Å²) in [5.41, 5.74) is 0. The number of rotatable bonds is 2. The summed E-state index contributed by atoms with van der Waals surface area (Å²) in [6.07, 6.45) is 7.62. The fraction of sp³-hybridized carbons (Fsp3) is 0.929. The van der Waals surface area contributed by atoms with Crippen LogP contribution in [0.15, 0.2) is 0 Å². The van der Waals surface area contributed by atoms with Crippen LogP contribution in [0.2, 0.25) is 0 Å². The van der Waals surface area contributed by atoms with E-state index in [4.69, 9.17) is 4.74 Å². The molecule has 3 rings (SSSR count). The van der Waals surface area contributed by atoms with E-state index in [0.717, 1.165) is 26.1 Å². The van der Waals surface area contributed by atoms with Gasteiger partial charge in [0.25, 0.3) is 0 Å². The summed E-state index contributed by atoms with van der Waals surface area (Å²) < 4.78 is 5.57. The molecule has 3 fully saturated rings. The maximum atomic E-state index is 12.4. The van der Waals surface area contributed by atoms with Crippen molar-refractivity contribution in [2.75, 3.05) is 13.2 Å². The van der Waals surface area contributed by atoms with Crippen molar-refractivity contribution < 1.29 is 9.53 Å². The number of carbonyl (C=O) groups is 1. The Balaban J connectivity index is 1.75. The Kier molecular flexibility index (Phi) is 3.57. The second-order valence-electron chi connectivity index (χ2n) is 5.99. The molecule has 0 spiro atoms.